The summed E-state index contributed by atoms with van der Waals surface area (Å²) in [7, 11) is 0. The molecule has 2 aromatic rings. The number of aliphatic carboxylic acids is 1. The van der Waals surface area contributed by atoms with Crippen LogP contribution in [0.2, 0.25) is 0 Å². The number of aromatic nitrogens is 1. The first kappa shape index (κ1) is 13.4. The first-order chi connectivity index (χ1) is 10.6. The normalized spacial score (nSPS) is 29.1. The minimum absolute atomic E-state index is 0.358. The first-order valence-electron chi connectivity index (χ1n) is 6.86. The Morgan fingerprint density at radius 2 is 1.91 bits per heavy atom. The summed E-state index contributed by atoms with van der Waals surface area (Å²) < 4.78 is 6.48. The van der Waals surface area contributed by atoms with Crippen molar-refractivity contribution in [1.29, 1.82) is 0 Å². The molecule has 0 aliphatic carbocycles. The largest absolute Gasteiger partial charge is 0.481 e. The highest BCUT2D eigenvalue weighted by Gasteiger charge is 2.53. The molecule has 1 saturated heterocycles. The van der Waals surface area contributed by atoms with E-state index in [0.29, 0.717) is 5.13 Å². The van der Waals surface area contributed by atoms with E-state index in [1.807, 2.05) is 24.3 Å². The van der Waals surface area contributed by atoms with Crippen molar-refractivity contribution < 1.29 is 19.4 Å². The van der Waals surface area contributed by atoms with Crippen LogP contribution in [0.1, 0.15) is 0 Å². The fourth-order valence-corrected chi connectivity index (χ4v) is 3.90. The highest BCUT2D eigenvalue weighted by Crippen LogP contribution is 2.40. The van der Waals surface area contributed by atoms with Gasteiger partial charge in [-0.1, -0.05) is 35.6 Å². The van der Waals surface area contributed by atoms with Gasteiger partial charge in [-0.25, -0.2) is 4.98 Å². The molecular formula is C15H12N2O4S. The predicted molar refractivity (Wildman–Crippen MR) is 80.7 cm³/mol. The Balaban J connectivity index is 1.59. The molecule has 1 aromatic carbocycles. The lowest BCUT2D eigenvalue weighted by atomic mass is 9.82. The number of para-hydroxylation sites is 1. The van der Waals surface area contributed by atoms with E-state index in [1.54, 1.807) is 12.2 Å². The molecule has 7 heteroatoms. The zero-order chi connectivity index (χ0) is 15.3. The van der Waals surface area contributed by atoms with E-state index in [4.69, 9.17) is 4.74 Å². The van der Waals surface area contributed by atoms with Crippen molar-refractivity contribution in [3.63, 3.8) is 0 Å². The number of carboxylic acid groups (broad SMARTS) is 1. The number of anilines is 1. The van der Waals surface area contributed by atoms with Crippen molar-refractivity contribution in [3.05, 3.63) is 36.4 Å². The quantitative estimate of drug-likeness (QED) is 0.844. The van der Waals surface area contributed by atoms with Crippen molar-refractivity contribution in [2.45, 2.75) is 12.2 Å². The predicted octanol–water partition coefficient (Wildman–Crippen LogP) is 1.89. The molecule has 112 valence electrons. The molecule has 2 aliphatic rings. The van der Waals surface area contributed by atoms with Gasteiger partial charge in [0.25, 0.3) is 0 Å². The van der Waals surface area contributed by atoms with Gasteiger partial charge >= 0.3 is 5.97 Å². The number of nitrogens with one attached hydrogen (secondary N) is 1. The van der Waals surface area contributed by atoms with Crippen LogP contribution in [0.15, 0.2) is 36.4 Å². The molecule has 2 bridgehead atoms. The van der Waals surface area contributed by atoms with E-state index in [-0.39, 0.29) is 5.91 Å². The van der Waals surface area contributed by atoms with Gasteiger partial charge in [0.1, 0.15) is 5.92 Å². The number of hydrogen-bond acceptors (Lipinski definition) is 5. The van der Waals surface area contributed by atoms with Gasteiger partial charge < -0.3 is 15.2 Å². The van der Waals surface area contributed by atoms with Gasteiger partial charge in [-0.05, 0) is 12.1 Å². The first-order valence-corrected chi connectivity index (χ1v) is 7.68. The highest BCUT2D eigenvalue weighted by molar-refractivity contribution is 7.22. The summed E-state index contributed by atoms with van der Waals surface area (Å²) >= 11 is 1.36. The van der Waals surface area contributed by atoms with E-state index >= 15 is 0 Å². The Morgan fingerprint density at radius 1 is 1.18 bits per heavy atom. The molecule has 3 heterocycles. The maximum atomic E-state index is 12.5. The summed E-state index contributed by atoms with van der Waals surface area (Å²) in [5.41, 5.74) is 0.807. The van der Waals surface area contributed by atoms with E-state index < -0.39 is 30.0 Å². The number of carboxylic acids is 1. The van der Waals surface area contributed by atoms with Crippen LogP contribution in [-0.2, 0) is 14.3 Å². The molecule has 0 saturated carbocycles. The van der Waals surface area contributed by atoms with Crippen LogP contribution in [0.4, 0.5) is 5.13 Å². The fraction of sp³-hybridized carbons (Fsp3) is 0.267. The molecule has 22 heavy (non-hydrogen) atoms. The SMILES string of the molecule is O=C(O)[C@@H]1[C@H](C(=O)Nc2nc3ccccc3s2)[C@H]2C=C[C@H]1O2. The third-order valence-corrected chi connectivity index (χ3v) is 4.96. The molecule has 4 rings (SSSR count). The van der Waals surface area contributed by atoms with Crippen LogP contribution in [0.5, 0.6) is 0 Å². The van der Waals surface area contributed by atoms with Crippen molar-refractivity contribution in [2.75, 3.05) is 5.32 Å². The molecule has 1 amide bonds. The van der Waals surface area contributed by atoms with Crippen LogP contribution in [0, 0.1) is 11.8 Å². The maximum absolute atomic E-state index is 12.5. The molecule has 0 spiro atoms. The number of benzene rings is 1. The zero-order valence-electron chi connectivity index (χ0n) is 11.3. The van der Waals surface area contributed by atoms with Crippen LogP contribution >= 0.6 is 11.3 Å². The lowest BCUT2D eigenvalue weighted by molar-refractivity contribution is -0.145. The van der Waals surface area contributed by atoms with Crippen molar-refractivity contribution in [2.24, 2.45) is 11.8 Å². The Bertz CT molecular complexity index is 767. The molecule has 2 aliphatic heterocycles. The number of carbonyl (C=O) groups is 2. The summed E-state index contributed by atoms with van der Waals surface area (Å²) in [6.45, 7) is 0. The maximum Gasteiger partial charge on any atom is 0.310 e. The van der Waals surface area contributed by atoms with Gasteiger partial charge in [0.2, 0.25) is 5.91 Å². The van der Waals surface area contributed by atoms with E-state index in [1.165, 1.54) is 11.3 Å². The van der Waals surface area contributed by atoms with Crippen LogP contribution in [0.3, 0.4) is 0 Å². The van der Waals surface area contributed by atoms with Gasteiger partial charge in [-0.15, -0.1) is 0 Å². The van der Waals surface area contributed by atoms with E-state index in [2.05, 4.69) is 10.3 Å². The third kappa shape index (κ3) is 2.01. The van der Waals surface area contributed by atoms with Crippen molar-refractivity contribution >= 4 is 38.6 Å². The summed E-state index contributed by atoms with van der Waals surface area (Å²) in [5, 5.41) is 12.5. The summed E-state index contributed by atoms with van der Waals surface area (Å²) in [4.78, 5) is 28.2. The monoisotopic (exact) mass is 316 g/mol. The smallest absolute Gasteiger partial charge is 0.310 e. The van der Waals surface area contributed by atoms with Gasteiger partial charge in [-0.2, -0.15) is 0 Å². The van der Waals surface area contributed by atoms with Crippen molar-refractivity contribution in [3.8, 4) is 0 Å². The number of fused-ring (bicyclic) bond motifs is 3. The topological polar surface area (TPSA) is 88.5 Å². The van der Waals surface area contributed by atoms with Gasteiger partial charge in [0.05, 0.1) is 28.3 Å². The van der Waals surface area contributed by atoms with Gasteiger partial charge in [-0.3, -0.25) is 9.59 Å². The second-order valence-corrected chi connectivity index (χ2v) is 6.35. The Hall–Kier alpha value is -2.25. The number of amides is 1. The Labute approximate surface area is 129 Å². The number of nitrogens with zero attached hydrogens (tertiary/aromatic N) is 1. The number of rotatable bonds is 3. The summed E-state index contributed by atoms with van der Waals surface area (Å²) in [5.74, 6) is -2.94. The molecule has 2 N–H and O–H groups in total. The minimum Gasteiger partial charge on any atom is -0.481 e. The molecular weight excluding hydrogens is 304 g/mol. The van der Waals surface area contributed by atoms with Crippen molar-refractivity contribution in [1.82, 2.24) is 4.98 Å². The molecule has 0 unspecified atom stereocenters. The highest BCUT2D eigenvalue weighted by atomic mass is 32.1. The third-order valence-electron chi connectivity index (χ3n) is 4.01. The van der Waals surface area contributed by atoms with Crippen LogP contribution in [0.25, 0.3) is 10.2 Å². The van der Waals surface area contributed by atoms with Crippen LogP contribution in [-0.4, -0.2) is 34.2 Å². The fourth-order valence-electron chi connectivity index (χ4n) is 3.03. The average Bonchev–Trinajstić information content (AvgIpc) is 3.19. The Morgan fingerprint density at radius 3 is 2.64 bits per heavy atom. The zero-order valence-corrected chi connectivity index (χ0v) is 12.1. The summed E-state index contributed by atoms with van der Waals surface area (Å²) in [6, 6.07) is 7.57. The molecule has 6 nitrogen and oxygen atoms in total. The second kappa shape index (κ2) is 4.89. The molecule has 1 fully saturated rings. The number of thiazole rings is 1. The summed E-state index contributed by atoms with van der Waals surface area (Å²) in [6.07, 6.45) is 2.48. The second-order valence-electron chi connectivity index (χ2n) is 5.32. The van der Waals surface area contributed by atoms with Gasteiger partial charge in [0.15, 0.2) is 5.13 Å². The Kier molecular flexibility index (Phi) is 2.98. The molecule has 4 atom stereocenters. The average molecular weight is 316 g/mol. The number of ether oxygens (including phenoxy) is 1. The molecule has 0 radical (unpaired) electrons. The van der Waals surface area contributed by atoms with Crippen LogP contribution < -0.4 is 5.32 Å². The van der Waals surface area contributed by atoms with Gasteiger partial charge in [0, 0.05) is 0 Å². The number of carbonyl (C=O) groups excluding carboxylic acids is 1. The number of hydrogen-bond donors (Lipinski definition) is 2. The van der Waals surface area contributed by atoms with E-state index in [0.717, 1.165) is 10.2 Å². The standard InChI is InChI=1S/C15H12N2O4S/c18-13(11-8-5-6-9(21-8)12(11)14(19)20)17-15-16-7-3-1-2-4-10(7)22-15/h1-6,8-9,11-12H,(H,19,20)(H,16,17,18)/t8-,9-,11-,12+/m1/s1. The minimum atomic E-state index is -1.01. The van der Waals surface area contributed by atoms with E-state index in [9.17, 15) is 14.7 Å². The lowest BCUT2D eigenvalue weighted by Crippen LogP contribution is -2.39. The lowest BCUT2D eigenvalue weighted by Gasteiger charge is -2.20. The molecule has 1 aromatic heterocycles.